The molecule has 0 fully saturated rings. The average Bonchev–Trinajstić information content (AvgIpc) is 2.79. The van der Waals surface area contributed by atoms with E-state index < -0.39 is 0 Å². The van der Waals surface area contributed by atoms with Gasteiger partial charge in [0, 0.05) is 17.2 Å². The van der Waals surface area contributed by atoms with Gasteiger partial charge in [-0.3, -0.25) is 4.79 Å². The molecule has 1 atom stereocenters. The highest BCUT2D eigenvalue weighted by Crippen LogP contribution is 2.25. The highest BCUT2D eigenvalue weighted by atomic mass is 35.5. The zero-order chi connectivity index (χ0) is 12.7. The van der Waals surface area contributed by atoms with Crippen molar-refractivity contribution in [2.75, 3.05) is 5.88 Å². The predicted molar refractivity (Wildman–Crippen MR) is 74.6 cm³/mol. The van der Waals surface area contributed by atoms with Crippen molar-refractivity contribution in [2.24, 2.45) is 5.92 Å². The molecule has 96 valence electrons. The van der Waals surface area contributed by atoms with Crippen LogP contribution in [0.25, 0.3) is 0 Å². The highest BCUT2D eigenvalue weighted by Gasteiger charge is 2.18. The van der Waals surface area contributed by atoms with Crippen molar-refractivity contribution in [3.8, 4) is 0 Å². The lowest BCUT2D eigenvalue weighted by Crippen LogP contribution is -2.31. The minimum absolute atomic E-state index is 0.127. The van der Waals surface area contributed by atoms with Crippen molar-refractivity contribution in [1.29, 1.82) is 0 Å². The van der Waals surface area contributed by atoms with E-state index >= 15 is 0 Å². The van der Waals surface area contributed by atoms with Crippen LogP contribution in [-0.4, -0.2) is 11.8 Å². The quantitative estimate of drug-likeness (QED) is 0.591. The van der Waals surface area contributed by atoms with Gasteiger partial charge in [0.25, 0.3) is 0 Å². The third-order valence-electron chi connectivity index (χ3n) is 2.62. The highest BCUT2D eigenvalue weighted by molar-refractivity contribution is 7.10. The molecule has 1 rings (SSSR count). The van der Waals surface area contributed by atoms with E-state index in [-0.39, 0.29) is 11.9 Å². The van der Waals surface area contributed by atoms with Crippen molar-refractivity contribution in [1.82, 2.24) is 5.32 Å². The Morgan fingerprint density at radius 1 is 1.47 bits per heavy atom. The minimum Gasteiger partial charge on any atom is -0.348 e. The van der Waals surface area contributed by atoms with Crippen LogP contribution in [0, 0.1) is 5.92 Å². The van der Waals surface area contributed by atoms with Gasteiger partial charge in [-0.2, -0.15) is 0 Å². The zero-order valence-corrected chi connectivity index (χ0v) is 12.0. The second-order valence-electron chi connectivity index (χ2n) is 4.45. The lowest BCUT2D eigenvalue weighted by Gasteiger charge is -2.21. The Balaban J connectivity index is 2.48. The summed E-state index contributed by atoms with van der Waals surface area (Å²) >= 11 is 7.29. The van der Waals surface area contributed by atoms with Crippen LogP contribution in [0.2, 0.25) is 0 Å². The van der Waals surface area contributed by atoms with Crippen LogP contribution in [0.1, 0.15) is 44.0 Å². The molecule has 0 aliphatic carbocycles. The fourth-order valence-corrected chi connectivity index (χ4v) is 2.80. The molecule has 1 N–H and O–H groups in total. The van der Waals surface area contributed by atoms with Gasteiger partial charge in [-0.15, -0.1) is 22.9 Å². The van der Waals surface area contributed by atoms with Crippen LogP contribution in [0.4, 0.5) is 0 Å². The molecule has 1 unspecified atom stereocenters. The lowest BCUT2D eigenvalue weighted by molar-refractivity contribution is -0.122. The molecule has 1 aromatic heterocycles. The van der Waals surface area contributed by atoms with Crippen molar-refractivity contribution in [2.45, 2.75) is 39.2 Å². The van der Waals surface area contributed by atoms with Crippen LogP contribution in [0.5, 0.6) is 0 Å². The second kappa shape index (κ2) is 7.72. The summed E-state index contributed by atoms with van der Waals surface area (Å²) in [5.74, 6) is 1.17. The van der Waals surface area contributed by atoms with Crippen molar-refractivity contribution in [3.63, 3.8) is 0 Å². The number of carbonyl (C=O) groups excluding carboxylic acids is 1. The first-order valence-corrected chi connectivity index (χ1v) is 7.45. The summed E-state index contributed by atoms with van der Waals surface area (Å²) in [5, 5.41) is 5.15. The third-order valence-corrected chi connectivity index (χ3v) is 3.84. The second-order valence-corrected chi connectivity index (χ2v) is 5.81. The Labute approximate surface area is 112 Å². The monoisotopic (exact) mass is 273 g/mol. The maximum atomic E-state index is 11.8. The van der Waals surface area contributed by atoms with Gasteiger partial charge in [0.15, 0.2) is 0 Å². The molecule has 0 aliphatic heterocycles. The summed E-state index contributed by atoms with van der Waals surface area (Å²) in [6.07, 6.45) is 2.34. The normalized spacial score (nSPS) is 12.7. The molecule has 0 aliphatic rings. The summed E-state index contributed by atoms with van der Waals surface area (Å²) < 4.78 is 0. The number of hydrogen-bond donors (Lipinski definition) is 1. The molecule has 0 saturated carbocycles. The molecule has 1 amide bonds. The van der Waals surface area contributed by atoms with Gasteiger partial charge < -0.3 is 5.32 Å². The van der Waals surface area contributed by atoms with Crippen molar-refractivity contribution in [3.05, 3.63) is 22.4 Å². The summed E-state index contributed by atoms with van der Waals surface area (Å²) in [7, 11) is 0. The van der Waals surface area contributed by atoms with Crippen LogP contribution < -0.4 is 5.32 Å². The lowest BCUT2D eigenvalue weighted by atomic mass is 10.0. The predicted octanol–water partition coefficient (Wildman–Crippen LogP) is 3.97. The Morgan fingerprint density at radius 2 is 2.24 bits per heavy atom. The van der Waals surface area contributed by atoms with Gasteiger partial charge in [0.2, 0.25) is 5.91 Å². The van der Waals surface area contributed by atoms with Crippen molar-refractivity contribution < 1.29 is 4.79 Å². The van der Waals surface area contributed by atoms with Gasteiger partial charge >= 0.3 is 0 Å². The number of alkyl halides is 1. The van der Waals surface area contributed by atoms with E-state index in [1.165, 1.54) is 4.88 Å². The van der Waals surface area contributed by atoms with E-state index in [0.29, 0.717) is 18.2 Å². The number of thiophene rings is 1. The third kappa shape index (κ3) is 5.09. The number of nitrogens with one attached hydrogen (secondary N) is 1. The van der Waals surface area contributed by atoms with Gasteiger partial charge in [-0.05, 0) is 30.2 Å². The molecule has 0 saturated heterocycles. The molecule has 4 heteroatoms. The Morgan fingerprint density at radius 3 is 2.76 bits per heavy atom. The maximum Gasteiger partial charge on any atom is 0.220 e. The van der Waals surface area contributed by atoms with E-state index in [2.05, 4.69) is 25.2 Å². The summed E-state index contributed by atoms with van der Waals surface area (Å²) in [5.41, 5.74) is 0. The van der Waals surface area contributed by atoms with Crippen LogP contribution in [0.3, 0.4) is 0 Å². The van der Waals surface area contributed by atoms with E-state index in [1.807, 2.05) is 11.4 Å². The number of hydrogen-bond acceptors (Lipinski definition) is 2. The van der Waals surface area contributed by atoms with Gasteiger partial charge in [0.05, 0.1) is 6.04 Å². The van der Waals surface area contributed by atoms with Gasteiger partial charge in [0.1, 0.15) is 0 Å². The SMILES string of the molecule is CC(C)C(NC(=O)CCCCCl)c1cccs1. The van der Waals surface area contributed by atoms with Gasteiger partial charge in [-0.25, -0.2) is 0 Å². The fraction of sp³-hybridized carbons (Fsp3) is 0.615. The summed E-state index contributed by atoms with van der Waals surface area (Å²) in [6.45, 7) is 4.26. The summed E-state index contributed by atoms with van der Waals surface area (Å²) in [6, 6.07) is 4.24. The fourth-order valence-electron chi connectivity index (χ4n) is 1.66. The minimum atomic E-state index is 0.127. The maximum absolute atomic E-state index is 11.8. The smallest absolute Gasteiger partial charge is 0.220 e. The number of unbranched alkanes of at least 4 members (excludes halogenated alkanes) is 1. The molecule has 1 aromatic rings. The Kier molecular flexibility index (Phi) is 6.60. The molecule has 0 spiro atoms. The average molecular weight is 274 g/mol. The first-order valence-electron chi connectivity index (χ1n) is 6.04. The molecule has 0 bridgehead atoms. The van der Waals surface area contributed by atoms with E-state index in [0.717, 1.165) is 12.8 Å². The molecular formula is C13H20ClNOS. The van der Waals surface area contributed by atoms with Crippen LogP contribution in [-0.2, 0) is 4.79 Å². The first-order chi connectivity index (χ1) is 8.15. The number of halogens is 1. The largest absolute Gasteiger partial charge is 0.348 e. The number of rotatable bonds is 7. The van der Waals surface area contributed by atoms with E-state index in [1.54, 1.807) is 11.3 Å². The standard InChI is InChI=1S/C13H20ClNOS/c1-10(2)13(11-6-5-9-17-11)15-12(16)7-3-4-8-14/h5-6,9-10,13H,3-4,7-8H2,1-2H3,(H,15,16). The molecule has 0 aromatic carbocycles. The topological polar surface area (TPSA) is 29.1 Å². The van der Waals surface area contributed by atoms with Crippen LogP contribution in [0.15, 0.2) is 17.5 Å². The van der Waals surface area contributed by atoms with Gasteiger partial charge in [-0.1, -0.05) is 19.9 Å². The zero-order valence-electron chi connectivity index (χ0n) is 10.4. The molecule has 2 nitrogen and oxygen atoms in total. The molecular weight excluding hydrogens is 254 g/mol. The molecule has 1 heterocycles. The van der Waals surface area contributed by atoms with Crippen molar-refractivity contribution >= 4 is 28.8 Å². The number of amides is 1. The summed E-state index contributed by atoms with van der Waals surface area (Å²) in [4.78, 5) is 13.0. The number of carbonyl (C=O) groups is 1. The molecule has 0 radical (unpaired) electrons. The van der Waals surface area contributed by atoms with E-state index in [9.17, 15) is 4.79 Å². The Bertz CT molecular complexity index is 324. The Hall–Kier alpha value is -0.540. The first kappa shape index (κ1) is 14.5. The van der Waals surface area contributed by atoms with E-state index in [4.69, 9.17) is 11.6 Å². The van der Waals surface area contributed by atoms with Crippen LogP contribution >= 0.6 is 22.9 Å². The molecule has 17 heavy (non-hydrogen) atoms.